The van der Waals surface area contributed by atoms with Crippen molar-refractivity contribution in [3.8, 4) is 0 Å². The zero-order chi connectivity index (χ0) is 13.8. The summed E-state index contributed by atoms with van der Waals surface area (Å²) in [6, 6.07) is 9.65. The van der Waals surface area contributed by atoms with Gasteiger partial charge in [0.05, 0.1) is 0 Å². The van der Waals surface area contributed by atoms with E-state index in [0.717, 1.165) is 10.8 Å². The number of aromatic nitrogens is 1. The molecular weight excluding hydrogens is 260 g/mol. The van der Waals surface area contributed by atoms with Gasteiger partial charge in [-0.25, -0.2) is 0 Å². The Balaban J connectivity index is 2.27. The second kappa shape index (κ2) is 6.02. The fraction of sp³-hybridized carbons (Fsp3) is 0.333. The summed E-state index contributed by atoms with van der Waals surface area (Å²) in [5.41, 5.74) is 0.465. The van der Waals surface area contributed by atoms with Gasteiger partial charge in [0.25, 0.3) is 5.91 Å². The zero-order valence-electron chi connectivity index (χ0n) is 11.1. The molecule has 1 aromatic heterocycles. The van der Waals surface area contributed by atoms with Crippen molar-refractivity contribution in [1.29, 1.82) is 0 Å². The van der Waals surface area contributed by atoms with Crippen LogP contribution in [0.2, 0.25) is 0 Å². The molecule has 19 heavy (non-hydrogen) atoms. The van der Waals surface area contributed by atoms with Gasteiger partial charge < -0.3 is 5.32 Å². The smallest absolute Gasteiger partial charge is 0.270 e. The number of nitrogens with one attached hydrogen (secondary N) is 1. The summed E-state index contributed by atoms with van der Waals surface area (Å²) >= 11 is 5.80. The van der Waals surface area contributed by atoms with Crippen molar-refractivity contribution in [1.82, 2.24) is 10.3 Å². The molecule has 4 heteroatoms. The lowest BCUT2D eigenvalue weighted by molar-refractivity contribution is 0.0928. The molecule has 0 bridgehead atoms. The first-order chi connectivity index (χ1) is 9.13. The van der Waals surface area contributed by atoms with Crippen LogP contribution in [0.15, 0.2) is 36.5 Å². The van der Waals surface area contributed by atoms with Gasteiger partial charge in [-0.2, -0.15) is 0 Å². The van der Waals surface area contributed by atoms with Crippen LogP contribution >= 0.6 is 11.6 Å². The number of amides is 1. The Kier molecular flexibility index (Phi) is 4.38. The normalized spacial score (nSPS) is 14.1. The highest BCUT2D eigenvalue weighted by molar-refractivity contribution is 6.18. The molecule has 0 aliphatic rings. The molecule has 2 atom stereocenters. The molecule has 0 aliphatic carbocycles. The Labute approximate surface area is 118 Å². The zero-order valence-corrected chi connectivity index (χ0v) is 11.8. The summed E-state index contributed by atoms with van der Waals surface area (Å²) in [5.74, 6) is 0.589. The van der Waals surface area contributed by atoms with Gasteiger partial charge in [0.1, 0.15) is 5.69 Å². The summed E-state index contributed by atoms with van der Waals surface area (Å²) < 4.78 is 0. The molecule has 0 saturated heterocycles. The minimum Gasteiger partial charge on any atom is -0.348 e. The number of hydrogen-bond acceptors (Lipinski definition) is 2. The van der Waals surface area contributed by atoms with Gasteiger partial charge in [-0.3, -0.25) is 9.78 Å². The third kappa shape index (κ3) is 3.04. The first kappa shape index (κ1) is 13.8. The number of carbonyl (C=O) groups excluding carboxylic acids is 1. The number of hydrogen-bond donors (Lipinski definition) is 1. The van der Waals surface area contributed by atoms with Gasteiger partial charge in [0, 0.05) is 23.5 Å². The van der Waals surface area contributed by atoms with Gasteiger partial charge in [-0.1, -0.05) is 31.2 Å². The number of nitrogens with zero attached hydrogens (tertiary/aromatic N) is 1. The lowest BCUT2D eigenvalue weighted by Crippen LogP contribution is -2.38. The SMILES string of the molecule is CC(CCl)C(C)NC(=O)c1nccc2ccccc12. The second-order valence-corrected chi connectivity index (χ2v) is 5.08. The van der Waals surface area contributed by atoms with Crippen LogP contribution in [0.25, 0.3) is 10.8 Å². The van der Waals surface area contributed by atoms with E-state index in [2.05, 4.69) is 10.3 Å². The molecule has 100 valence electrons. The van der Waals surface area contributed by atoms with E-state index in [4.69, 9.17) is 11.6 Å². The first-order valence-electron chi connectivity index (χ1n) is 6.34. The predicted octanol–water partition coefficient (Wildman–Crippen LogP) is 3.23. The summed E-state index contributed by atoms with van der Waals surface area (Å²) in [7, 11) is 0. The van der Waals surface area contributed by atoms with Crippen LogP contribution in [0.5, 0.6) is 0 Å². The second-order valence-electron chi connectivity index (χ2n) is 4.77. The van der Waals surface area contributed by atoms with Crippen molar-refractivity contribution in [2.45, 2.75) is 19.9 Å². The van der Waals surface area contributed by atoms with Crippen molar-refractivity contribution in [2.24, 2.45) is 5.92 Å². The Morgan fingerprint density at radius 2 is 2.05 bits per heavy atom. The molecule has 1 aromatic carbocycles. The third-order valence-corrected chi connectivity index (χ3v) is 3.83. The van der Waals surface area contributed by atoms with Crippen LogP contribution < -0.4 is 5.32 Å². The maximum atomic E-state index is 12.3. The molecule has 1 amide bonds. The van der Waals surface area contributed by atoms with Crippen molar-refractivity contribution in [3.05, 3.63) is 42.2 Å². The Morgan fingerprint density at radius 1 is 1.32 bits per heavy atom. The van der Waals surface area contributed by atoms with E-state index in [1.807, 2.05) is 44.2 Å². The van der Waals surface area contributed by atoms with E-state index in [9.17, 15) is 4.79 Å². The Hall–Kier alpha value is -1.61. The van der Waals surface area contributed by atoms with Gasteiger partial charge >= 0.3 is 0 Å². The molecule has 3 nitrogen and oxygen atoms in total. The van der Waals surface area contributed by atoms with Crippen molar-refractivity contribution in [2.75, 3.05) is 5.88 Å². The van der Waals surface area contributed by atoms with E-state index in [0.29, 0.717) is 11.6 Å². The molecule has 0 radical (unpaired) electrons. The third-order valence-electron chi connectivity index (χ3n) is 3.34. The highest BCUT2D eigenvalue weighted by Gasteiger charge is 2.17. The molecule has 1 N–H and O–H groups in total. The number of fused-ring (bicyclic) bond motifs is 1. The van der Waals surface area contributed by atoms with Gasteiger partial charge in [-0.15, -0.1) is 11.6 Å². The monoisotopic (exact) mass is 276 g/mol. The lowest BCUT2D eigenvalue weighted by Gasteiger charge is -2.19. The number of halogens is 1. The summed E-state index contributed by atoms with van der Waals surface area (Å²) in [6.07, 6.45) is 1.66. The predicted molar refractivity (Wildman–Crippen MR) is 78.6 cm³/mol. The standard InChI is InChI=1S/C15H17ClN2O/c1-10(9-16)11(2)18-15(19)14-13-6-4-3-5-12(13)7-8-17-14/h3-8,10-11H,9H2,1-2H3,(H,18,19). The maximum absolute atomic E-state index is 12.3. The van der Waals surface area contributed by atoms with E-state index in [1.54, 1.807) is 6.20 Å². The lowest BCUT2D eigenvalue weighted by atomic mass is 10.1. The van der Waals surface area contributed by atoms with Crippen LogP contribution in [0.3, 0.4) is 0 Å². The van der Waals surface area contributed by atoms with Crippen molar-refractivity contribution in [3.63, 3.8) is 0 Å². The van der Waals surface area contributed by atoms with E-state index in [-0.39, 0.29) is 17.9 Å². The number of benzene rings is 1. The molecule has 0 saturated carbocycles. The quantitative estimate of drug-likeness (QED) is 0.871. The molecule has 2 aromatic rings. The summed E-state index contributed by atoms with van der Waals surface area (Å²) in [5, 5.41) is 4.84. The van der Waals surface area contributed by atoms with Gasteiger partial charge in [0.15, 0.2) is 0 Å². The Bertz CT molecular complexity index is 580. The van der Waals surface area contributed by atoms with E-state index >= 15 is 0 Å². The number of alkyl halides is 1. The molecule has 0 aliphatic heterocycles. The average Bonchev–Trinajstić information content (AvgIpc) is 2.45. The molecule has 1 heterocycles. The molecular formula is C15H17ClN2O. The van der Waals surface area contributed by atoms with Gasteiger partial charge in [0.2, 0.25) is 0 Å². The largest absolute Gasteiger partial charge is 0.348 e. The van der Waals surface area contributed by atoms with Crippen LogP contribution in [0, 0.1) is 5.92 Å². The topological polar surface area (TPSA) is 42.0 Å². The van der Waals surface area contributed by atoms with E-state index in [1.165, 1.54) is 0 Å². The molecule has 0 fully saturated rings. The highest BCUT2D eigenvalue weighted by atomic mass is 35.5. The number of carbonyl (C=O) groups is 1. The molecule has 2 unspecified atom stereocenters. The summed E-state index contributed by atoms with van der Waals surface area (Å²) in [4.78, 5) is 16.5. The van der Waals surface area contributed by atoms with E-state index < -0.39 is 0 Å². The molecule has 0 spiro atoms. The first-order valence-corrected chi connectivity index (χ1v) is 6.87. The highest BCUT2D eigenvalue weighted by Crippen LogP contribution is 2.16. The van der Waals surface area contributed by atoms with Gasteiger partial charge in [-0.05, 0) is 24.3 Å². The van der Waals surface area contributed by atoms with Crippen molar-refractivity contribution >= 4 is 28.3 Å². The van der Waals surface area contributed by atoms with Crippen LogP contribution in [-0.4, -0.2) is 22.8 Å². The Morgan fingerprint density at radius 3 is 2.79 bits per heavy atom. The fourth-order valence-corrected chi connectivity index (χ4v) is 2.12. The minimum atomic E-state index is -0.152. The average molecular weight is 277 g/mol. The number of rotatable bonds is 4. The van der Waals surface area contributed by atoms with Crippen molar-refractivity contribution < 1.29 is 4.79 Å². The maximum Gasteiger partial charge on any atom is 0.270 e. The van der Waals surface area contributed by atoms with Crippen LogP contribution in [0.1, 0.15) is 24.3 Å². The molecule has 2 rings (SSSR count). The minimum absolute atomic E-state index is 0.0192. The fourth-order valence-electron chi connectivity index (χ4n) is 1.85. The van der Waals surface area contributed by atoms with Crippen LogP contribution in [0.4, 0.5) is 0 Å². The van der Waals surface area contributed by atoms with Crippen LogP contribution in [-0.2, 0) is 0 Å². The number of pyridine rings is 1. The summed E-state index contributed by atoms with van der Waals surface area (Å²) in [6.45, 7) is 3.96.